The van der Waals surface area contributed by atoms with E-state index in [4.69, 9.17) is 52.4 Å². The molecule has 23 nitrogen and oxygen atoms in total. The van der Waals surface area contributed by atoms with Crippen molar-refractivity contribution in [3.8, 4) is 0 Å². The van der Waals surface area contributed by atoms with Crippen LogP contribution in [-0.2, 0) is 98.8 Å². The van der Waals surface area contributed by atoms with Crippen molar-refractivity contribution in [1.29, 1.82) is 0 Å². The van der Waals surface area contributed by atoms with E-state index in [2.05, 4.69) is 0 Å². The van der Waals surface area contributed by atoms with E-state index in [1.807, 2.05) is 28.0 Å². The van der Waals surface area contributed by atoms with Crippen molar-refractivity contribution < 1.29 is 85.7 Å². The molecule has 1 aromatic heterocycles. The Morgan fingerprint density at radius 1 is 0.484 bits per heavy atom. The number of hydrogen-bond acceptors (Lipinski definition) is 23. The minimum Gasteiger partial charge on any atom is -0.463 e. The Labute approximate surface area is 368 Å². The summed E-state index contributed by atoms with van der Waals surface area (Å²) in [5, 5.41) is 0. The van der Waals surface area contributed by atoms with Crippen LogP contribution in [-0.4, -0.2) is 160 Å². The Hall–Kier alpha value is -6.49. The van der Waals surface area contributed by atoms with Crippen LogP contribution in [0, 0.1) is 0 Å². The van der Waals surface area contributed by atoms with Gasteiger partial charge in [0.15, 0.2) is 49.1 Å². The van der Waals surface area contributed by atoms with Crippen LogP contribution in [0.4, 0.5) is 0 Å². The van der Waals surface area contributed by atoms with Gasteiger partial charge in [0, 0.05) is 80.2 Å². The van der Waals surface area contributed by atoms with Gasteiger partial charge in [0.1, 0.15) is 25.4 Å². The van der Waals surface area contributed by atoms with E-state index in [1.165, 1.54) is 27.7 Å². The highest BCUT2D eigenvalue weighted by atomic mass is 16.7. The molecule has 23 heteroatoms. The van der Waals surface area contributed by atoms with E-state index in [-0.39, 0.29) is 26.6 Å². The molecule has 350 valence electrons. The minimum absolute atomic E-state index is 0.180. The van der Waals surface area contributed by atoms with Crippen LogP contribution in [0.5, 0.6) is 0 Å². The molecule has 64 heavy (non-hydrogen) atoms. The van der Waals surface area contributed by atoms with Crippen molar-refractivity contribution in [1.82, 2.24) is 24.6 Å². The zero-order valence-corrected chi connectivity index (χ0v) is 36.6. The average Bonchev–Trinajstić information content (AvgIpc) is 3.85. The van der Waals surface area contributed by atoms with Crippen molar-refractivity contribution in [3.63, 3.8) is 0 Å². The van der Waals surface area contributed by atoms with Gasteiger partial charge in [-0.1, -0.05) is 6.07 Å². The number of pyridine rings is 1. The lowest BCUT2D eigenvalue weighted by molar-refractivity contribution is -0.274. The molecule has 4 aliphatic rings. The third kappa shape index (κ3) is 13.3. The molecular formula is C41H53N5O18. The van der Waals surface area contributed by atoms with E-state index in [9.17, 15) is 38.4 Å². The number of nitrogens with zero attached hydrogens (tertiary/aromatic N) is 5. The van der Waals surface area contributed by atoms with Gasteiger partial charge in [-0.2, -0.15) is 0 Å². The summed E-state index contributed by atoms with van der Waals surface area (Å²) >= 11 is 0. The number of esters is 8. The predicted octanol–water partition coefficient (Wildman–Crippen LogP) is 0.340. The molecule has 0 N–H and O–H groups in total. The minimum atomic E-state index is -1.33. The Morgan fingerprint density at radius 2 is 0.812 bits per heavy atom. The molecule has 5 rings (SSSR count). The van der Waals surface area contributed by atoms with Crippen molar-refractivity contribution in [2.45, 2.75) is 130 Å². The summed E-state index contributed by atoms with van der Waals surface area (Å²) in [5.74, 6) is -5.65. The van der Waals surface area contributed by atoms with Crippen LogP contribution in [0.15, 0.2) is 43.0 Å². The monoisotopic (exact) mass is 903 g/mol. The van der Waals surface area contributed by atoms with Crippen molar-refractivity contribution in [3.05, 3.63) is 54.4 Å². The van der Waals surface area contributed by atoms with Gasteiger partial charge in [-0.25, -0.2) is 0 Å². The number of carbonyl (C=O) groups is 8. The molecule has 2 fully saturated rings. The van der Waals surface area contributed by atoms with Crippen LogP contribution >= 0.6 is 0 Å². The van der Waals surface area contributed by atoms with E-state index in [1.54, 1.807) is 34.6 Å². The first kappa shape index (κ1) is 48.5. The summed E-state index contributed by atoms with van der Waals surface area (Å²) in [4.78, 5) is 109. The lowest BCUT2D eigenvalue weighted by Crippen LogP contribution is -2.65. The molecule has 0 saturated carbocycles. The Morgan fingerprint density at radius 3 is 1.14 bits per heavy atom. The van der Waals surface area contributed by atoms with E-state index < -0.39 is 109 Å². The molecule has 0 radical (unpaired) electrons. The first-order chi connectivity index (χ1) is 30.3. The zero-order chi connectivity index (χ0) is 46.8. The van der Waals surface area contributed by atoms with Gasteiger partial charge in [-0.3, -0.25) is 43.3 Å². The highest BCUT2D eigenvalue weighted by molar-refractivity contribution is 5.70. The smallest absolute Gasteiger partial charge is 0.303 e. The first-order valence-corrected chi connectivity index (χ1v) is 20.2. The summed E-state index contributed by atoms with van der Waals surface area (Å²) in [7, 11) is 0. The summed E-state index contributed by atoms with van der Waals surface area (Å²) in [6.07, 6.45) is -5.30. The maximum atomic E-state index is 12.4. The van der Waals surface area contributed by atoms with E-state index >= 15 is 0 Å². The molecule has 0 amide bonds. The lowest BCUT2D eigenvalue weighted by atomic mass is 9.96. The van der Waals surface area contributed by atoms with Crippen molar-refractivity contribution >= 4 is 47.8 Å². The highest BCUT2D eigenvalue weighted by Crippen LogP contribution is 2.34. The maximum absolute atomic E-state index is 12.4. The SMILES string of the molecule is CC(=O)OC[C@H]1O[C@@H](N2C=CN(Cc3cccc(CN4C=CN([C@@H]5O[C@H](COC(C)=O)[C@@H](OC(C)=O)[C@H](OC(C)=O)[C@H]5OC(C)=O)C4)n3)C2)[C@H](OC(C)=O)[C@@H](OC(C)=O)[C@@H]1OC(C)=O. The molecule has 1 aromatic rings. The third-order valence-electron chi connectivity index (χ3n) is 9.81. The molecule has 2 saturated heterocycles. The van der Waals surface area contributed by atoms with E-state index in [0.29, 0.717) is 24.5 Å². The molecule has 5 heterocycles. The molecule has 0 bridgehead atoms. The molecule has 10 atom stereocenters. The number of hydrogen-bond donors (Lipinski definition) is 0. The fraction of sp³-hybridized carbons (Fsp3) is 0.585. The standard InChI is InChI=1S/C41H53N5O18/c1-22(47)55-18-32-34(57-24(3)49)36(59-26(5)51)38(61-28(7)53)40(63-32)45-14-12-43(20-45)16-30-10-9-11-31(42-30)17-44-13-15-46(21-44)41-39(62-29(8)54)37(60-27(6)52)35(58-25(4)50)33(64-41)19-56-23(2)48/h9-15,32-41H,16-21H2,1-8H3/t32-,33-,34-,35-,36+,37+,38-,39-,40-,41-/m1/s1. The van der Waals surface area contributed by atoms with Crippen LogP contribution in [0.2, 0.25) is 0 Å². The zero-order valence-electron chi connectivity index (χ0n) is 36.6. The van der Waals surface area contributed by atoms with Gasteiger partial charge in [-0.15, -0.1) is 0 Å². The molecule has 0 aromatic carbocycles. The van der Waals surface area contributed by atoms with Crippen molar-refractivity contribution in [2.75, 3.05) is 26.6 Å². The number of rotatable bonds is 16. The predicted molar refractivity (Wildman–Crippen MR) is 211 cm³/mol. The fourth-order valence-electron chi connectivity index (χ4n) is 7.57. The maximum Gasteiger partial charge on any atom is 0.303 e. The Bertz CT molecular complexity index is 1850. The van der Waals surface area contributed by atoms with Gasteiger partial charge in [-0.05, 0) is 12.1 Å². The van der Waals surface area contributed by atoms with Crippen LogP contribution in [0.1, 0.15) is 66.8 Å². The topological polar surface area (TPSA) is 255 Å². The molecule has 4 aliphatic heterocycles. The summed E-state index contributed by atoms with van der Waals surface area (Å²) in [5.41, 5.74) is 1.34. The number of carbonyl (C=O) groups excluding carboxylic acids is 8. The van der Waals surface area contributed by atoms with Crippen LogP contribution in [0.25, 0.3) is 0 Å². The second-order valence-corrected chi connectivity index (χ2v) is 15.2. The van der Waals surface area contributed by atoms with Crippen molar-refractivity contribution in [2.24, 2.45) is 0 Å². The normalized spacial score (nSPS) is 27.3. The average molecular weight is 904 g/mol. The van der Waals surface area contributed by atoms with E-state index in [0.717, 1.165) is 27.7 Å². The Balaban J connectivity index is 1.29. The largest absolute Gasteiger partial charge is 0.463 e. The second-order valence-electron chi connectivity index (χ2n) is 15.2. The quantitative estimate of drug-likeness (QED) is 0.160. The lowest BCUT2D eigenvalue weighted by Gasteiger charge is -2.47. The molecular weight excluding hydrogens is 850 g/mol. The van der Waals surface area contributed by atoms with Crippen LogP contribution in [0.3, 0.4) is 0 Å². The molecule has 0 aliphatic carbocycles. The summed E-state index contributed by atoms with van der Waals surface area (Å²) in [6, 6.07) is 5.50. The molecule has 0 spiro atoms. The fourth-order valence-corrected chi connectivity index (χ4v) is 7.57. The van der Waals surface area contributed by atoms with Gasteiger partial charge in [0.05, 0.1) is 37.8 Å². The van der Waals surface area contributed by atoms with Gasteiger partial charge in [0.2, 0.25) is 0 Å². The summed E-state index contributed by atoms with van der Waals surface area (Å²) < 4.78 is 56.4. The second kappa shape index (κ2) is 21.7. The summed E-state index contributed by atoms with van der Waals surface area (Å²) in [6.45, 7) is 9.57. The van der Waals surface area contributed by atoms with Gasteiger partial charge < -0.3 is 67.0 Å². The highest BCUT2D eigenvalue weighted by Gasteiger charge is 2.55. The Kier molecular flexibility index (Phi) is 16.5. The first-order valence-electron chi connectivity index (χ1n) is 20.2. The number of ether oxygens (including phenoxy) is 10. The van der Waals surface area contributed by atoms with Gasteiger partial charge in [0.25, 0.3) is 0 Å². The third-order valence-corrected chi connectivity index (χ3v) is 9.81. The number of aromatic nitrogens is 1. The van der Waals surface area contributed by atoms with Gasteiger partial charge >= 0.3 is 47.8 Å². The van der Waals surface area contributed by atoms with Crippen LogP contribution < -0.4 is 0 Å². The molecule has 0 unspecified atom stereocenters.